The van der Waals surface area contributed by atoms with Crippen LogP contribution in [0.5, 0.6) is 5.75 Å². The van der Waals surface area contributed by atoms with Crippen molar-refractivity contribution in [1.29, 1.82) is 0 Å². The minimum absolute atomic E-state index is 0.107. The third-order valence-electron chi connectivity index (χ3n) is 2.90. The average molecular weight is 391 g/mol. The third-order valence-corrected chi connectivity index (χ3v) is 4.83. The summed E-state index contributed by atoms with van der Waals surface area (Å²) in [6.07, 6.45) is 1.69. The largest absolute Gasteiger partial charge is 0.487 e. The van der Waals surface area contributed by atoms with Crippen LogP contribution in [0.3, 0.4) is 0 Å². The topological polar surface area (TPSA) is 56.3 Å². The molecule has 0 unspecified atom stereocenters. The molecule has 0 aliphatic heterocycles. The second-order valence-corrected chi connectivity index (χ2v) is 8.03. The average Bonchev–Trinajstić information content (AvgIpc) is 2.40. The number of halogens is 2. The van der Waals surface area contributed by atoms with Gasteiger partial charge in [0.2, 0.25) is 0 Å². The fourth-order valence-electron chi connectivity index (χ4n) is 1.82. The van der Waals surface area contributed by atoms with Gasteiger partial charge in [0.1, 0.15) is 12.4 Å². The molecule has 2 rings (SSSR count). The van der Waals surface area contributed by atoms with Crippen LogP contribution in [-0.4, -0.2) is 13.4 Å². The van der Waals surface area contributed by atoms with E-state index in [9.17, 15) is 8.42 Å². The van der Waals surface area contributed by atoms with Crippen LogP contribution in [0.1, 0.15) is 16.8 Å². The van der Waals surface area contributed by atoms with Gasteiger partial charge in [-0.2, -0.15) is 0 Å². The number of aromatic nitrogens is 1. The zero-order chi connectivity index (χ0) is 15.6. The highest BCUT2D eigenvalue weighted by Crippen LogP contribution is 2.28. The maximum Gasteiger partial charge on any atom is 0.261 e. The van der Waals surface area contributed by atoms with Gasteiger partial charge in [0.15, 0.2) is 0 Å². The summed E-state index contributed by atoms with van der Waals surface area (Å²) >= 11 is 3.32. The van der Waals surface area contributed by atoms with Crippen LogP contribution in [0.25, 0.3) is 0 Å². The molecule has 2 aromatic rings. The Hall–Kier alpha value is -1.11. The van der Waals surface area contributed by atoms with Crippen molar-refractivity contribution in [2.75, 3.05) is 0 Å². The van der Waals surface area contributed by atoms with Crippen LogP contribution < -0.4 is 4.74 Å². The highest BCUT2D eigenvalue weighted by Gasteiger charge is 2.16. The molecule has 0 aliphatic rings. The highest BCUT2D eigenvalue weighted by atomic mass is 79.9. The molecule has 0 radical (unpaired) electrons. The molecule has 0 fully saturated rings. The molecular weight excluding hydrogens is 378 g/mol. The Bertz CT molecular complexity index is 761. The van der Waals surface area contributed by atoms with Crippen molar-refractivity contribution in [2.45, 2.75) is 25.3 Å². The van der Waals surface area contributed by atoms with Gasteiger partial charge in [0.05, 0.1) is 10.6 Å². The van der Waals surface area contributed by atoms with Gasteiger partial charge < -0.3 is 4.74 Å². The Morgan fingerprint density at radius 3 is 2.52 bits per heavy atom. The normalized spacial score (nSPS) is 11.4. The second-order valence-electron chi connectivity index (χ2n) is 4.58. The third kappa shape index (κ3) is 4.18. The van der Waals surface area contributed by atoms with Crippen molar-refractivity contribution in [2.24, 2.45) is 0 Å². The summed E-state index contributed by atoms with van der Waals surface area (Å²) in [5.41, 5.74) is 2.04. The van der Waals surface area contributed by atoms with E-state index in [1.54, 1.807) is 26.1 Å². The van der Waals surface area contributed by atoms with Crippen molar-refractivity contribution in [3.8, 4) is 5.75 Å². The lowest BCUT2D eigenvalue weighted by molar-refractivity contribution is 0.299. The maximum absolute atomic E-state index is 11.4. The molecule has 0 amide bonds. The molecule has 0 spiro atoms. The molecule has 1 aromatic heterocycles. The number of hydrogen-bond donors (Lipinski definition) is 0. The summed E-state index contributed by atoms with van der Waals surface area (Å²) in [5, 5.41) is 0. The summed E-state index contributed by atoms with van der Waals surface area (Å²) in [6, 6.07) is 6.92. The Kier molecular flexibility index (Phi) is 4.91. The molecule has 21 heavy (non-hydrogen) atoms. The molecule has 0 saturated carbocycles. The first-order chi connectivity index (χ1) is 9.77. The predicted molar refractivity (Wildman–Crippen MR) is 85.2 cm³/mol. The molecule has 1 heterocycles. The molecule has 0 N–H and O–H groups in total. The maximum atomic E-state index is 11.4. The molecule has 0 bridgehead atoms. The van der Waals surface area contributed by atoms with Gasteiger partial charge in [0.25, 0.3) is 9.05 Å². The molecule has 0 saturated heterocycles. The molecule has 0 atom stereocenters. The lowest BCUT2D eigenvalue weighted by Gasteiger charge is -2.12. The first-order valence-corrected chi connectivity index (χ1v) is 9.17. The van der Waals surface area contributed by atoms with Crippen molar-refractivity contribution < 1.29 is 13.2 Å². The summed E-state index contributed by atoms with van der Waals surface area (Å²) in [6.45, 7) is 3.76. The Balaban J connectivity index is 2.21. The van der Waals surface area contributed by atoms with Gasteiger partial charge >= 0.3 is 0 Å². The number of hydrogen-bond acceptors (Lipinski definition) is 4. The van der Waals surface area contributed by atoms with Gasteiger partial charge in [-0.15, -0.1) is 0 Å². The van der Waals surface area contributed by atoms with Gasteiger partial charge in [-0.1, -0.05) is 0 Å². The minimum atomic E-state index is -3.75. The fraction of sp³-hybridized carbons (Fsp3) is 0.214. The van der Waals surface area contributed by atoms with E-state index < -0.39 is 9.05 Å². The van der Waals surface area contributed by atoms with Gasteiger partial charge in [-0.25, -0.2) is 8.42 Å². The predicted octanol–water partition coefficient (Wildman–Crippen LogP) is 3.97. The Morgan fingerprint density at radius 1 is 1.24 bits per heavy atom. The van der Waals surface area contributed by atoms with E-state index in [1.165, 1.54) is 6.07 Å². The van der Waals surface area contributed by atoms with Crippen molar-refractivity contribution >= 4 is 35.7 Å². The summed E-state index contributed by atoms with van der Waals surface area (Å²) < 4.78 is 29.5. The van der Waals surface area contributed by atoms with E-state index >= 15 is 0 Å². The van der Waals surface area contributed by atoms with E-state index in [4.69, 9.17) is 15.4 Å². The number of nitrogens with zero attached hydrogens (tertiary/aromatic N) is 1. The van der Waals surface area contributed by atoms with Crippen LogP contribution in [-0.2, 0) is 15.7 Å². The number of benzene rings is 1. The molecule has 0 aliphatic carbocycles. The summed E-state index contributed by atoms with van der Waals surface area (Å²) in [4.78, 5) is 4.32. The Labute approximate surface area is 136 Å². The molecule has 4 nitrogen and oxygen atoms in total. The van der Waals surface area contributed by atoms with Gasteiger partial charge in [-0.05, 0) is 65.2 Å². The first kappa shape index (κ1) is 16.3. The number of ether oxygens (including phenoxy) is 1. The number of aryl methyl sites for hydroxylation is 2. The van der Waals surface area contributed by atoms with Gasteiger partial charge in [-0.3, -0.25) is 4.98 Å². The zero-order valence-corrected chi connectivity index (χ0v) is 14.6. The zero-order valence-electron chi connectivity index (χ0n) is 11.4. The van der Waals surface area contributed by atoms with E-state index in [-0.39, 0.29) is 4.90 Å². The van der Waals surface area contributed by atoms with E-state index in [0.717, 1.165) is 10.2 Å². The smallest absolute Gasteiger partial charge is 0.261 e. The van der Waals surface area contributed by atoms with Crippen LogP contribution in [0.15, 0.2) is 39.8 Å². The monoisotopic (exact) mass is 389 g/mol. The molecule has 1 aromatic carbocycles. The van der Waals surface area contributed by atoms with Crippen molar-refractivity contribution in [1.82, 2.24) is 4.98 Å². The molecule has 112 valence electrons. The number of rotatable bonds is 4. The second kappa shape index (κ2) is 6.34. The Morgan fingerprint density at radius 2 is 1.95 bits per heavy atom. The van der Waals surface area contributed by atoms with Crippen LogP contribution in [0.2, 0.25) is 0 Å². The van der Waals surface area contributed by atoms with E-state index in [2.05, 4.69) is 20.9 Å². The fourth-order valence-corrected chi connectivity index (χ4v) is 3.32. The lowest BCUT2D eigenvalue weighted by atomic mass is 10.1. The number of pyridine rings is 1. The standard InChI is InChI=1S/C14H13BrClNO3S/c1-9-6-14(21(16,18)19)10(2)5-13(9)20-8-12-4-3-11(15)7-17-12/h3-7H,8H2,1-2H3. The van der Waals surface area contributed by atoms with Crippen LogP contribution in [0.4, 0.5) is 0 Å². The van der Waals surface area contributed by atoms with Crippen LogP contribution >= 0.6 is 26.6 Å². The quantitative estimate of drug-likeness (QED) is 0.741. The minimum Gasteiger partial charge on any atom is -0.487 e. The van der Waals surface area contributed by atoms with Crippen molar-refractivity contribution in [3.05, 3.63) is 51.8 Å². The van der Waals surface area contributed by atoms with Gasteiger partial charge in [0, 0.05) is 21.4 Å². The van der Waals surface area contributed by atoms with E-state index in [1.807, 2.05) is 12.1 Å². The lowest BCUT2D eigenvalue weighted by Crippen LogP contribution is -2.02. The summed E-state index contributed by atoms with van der Waals surface area (Å²) in [7, 11) is 1.65. The summed E-state index contributed by atoms with van der Waals surface area (Å²) in [5.74, 6) is 0.612. The first-order valence-electron chi connectivity index (χ1n) is 6.06. The molecular formula is C14H13BrClNO3S. The highest BCUT2D eigenvalue weighted by molar-refractivity contribution is 9.10. The van der Waals surface area contributed by atoms with E-state index in [0.29, 0.717) is 23.5 Å². The SMILES string of the molecule is Cc1cc(S(=O)(=O)Cl)c(C)cc1OCc1ccc(Br)cn1. The van der Waals surface area contributed by atoms with Crippen LogP contribution in [0, 0.1) is 13.8 Å². The van der Waals surface area contributed by atoms with Crippen molar-refractivity contribution in [3.63, 3.8) is 0 Å². The molecule has 7 heteroatoms.